The Kier molecular flexibility index (Phi) is 7.06. The minimum Gasteiger partial charge on any atom is -0.475 e. The Hall–Kier alpha value is -2.64. The molecule has 0 spiro atoms. The monoisotopic (exact) mass is 399 g/mol. The minimum atomic E-state index is -0.209. The Labute approximate surface area is 172 Å². The maximum absolute atomic E-state index is 12.4. The molecule has 7 nitrogen and oxygen atoms in total. The summed E-state index contributed by atoms with van der Waals surface area (Å²) >= 11 is 0. The van der Waals surface area contributed by atoms with E-state index in [1.165, 1.54) is 6.20 Å². The number of benzene rings is 1. The van der Waals surface area contributed by atoms with Gasteiger partial charge < -0.3 is 24.4 Å². The Bertz CT molecular complexity index is 779. The molecule has 0 unspecified atom stereocenters. The van der Waals surface area contributed by atoms with Crippen LogP contribution in [0.5, 0.6) is 5.88 Å². The molecule has 156 valence electrons. The molecule has 1 aromatic heterocycles. The standard InChI is InChI=1S/C22H29N3O4/c1-22(2,3)29-15-14-28-20-9-4-17(16-23-20)21(26)24-18-5-7-19(8-6-18)25-10-12-27-13-11-25/h4-9,16H,10-15H2,1-3H3,(H,24,26). The first-order chi connectivity index (χ1) is 13.9. The number of nitrogens with zero attached hydrogens (tertiary/aromatic N) is 2. The summed E-state index contributed by atoms with van der Waals surface area (Å²) in [7, 11) is 0. The van der Waals surface area contributed by atoms with Crippen LogP contribution in [0, 0.1) is 0 Å². The Morgan fingerprint density at radius 1 is 1.10 bits per heavy atom. The van der Waals surface area contributed by atoms with E-state index in [0.717, 1.165) is 37.7 Å². The number of ether oxygens (including phenoxy) is 3. The number of amides is 1. The van der Waals surface area contributed by atoms with Crippen molar-refractivity contribution in [1.29, 1.82) is 0 Å². The summed E-state index contributed by atoms with van der Waals surface area (Å²) in [5.74, 6) is 0.258. The second-order valence-electron chi connectivity index (χ2n) is 7.79. The molecule has 7 heteroatoms. The smallest absolute Gasteiger partial charge is 0.257 e. The van der Waals surface area contributed by atoms with E-state index in [1.807, 2.05) is 45.0 Å². The van der Waals surface area contributed by atoms with Crippen LogP contribution < -0.4 is 15.0 Å². The molecular formula is C22H29N3O4. The van der Waals surface area contributed by atoms with E-state index in [0.29, 0.717) is 24.7 Å². The van der Waals surface area contributed by atoms with Crippen LogP contribution in [0.3, 0.4) is 0 Å². The summed E-state index contributed by atoms with van der Waals surface area (Å²) in [4.78, 5) is 18.9. The average Bonchev–Trinajstić information content (AvgIpc) is 2.72. The van der Waals surface area contributed by atoms with Gasteiger partial charge in [0.25, 0.3) is 5.91 Å². The SMILES string of the molecule is CC(C)(C)OCCOc1ccc(C(=O)Nc2ccc(N3CCOCC3)cc2)cn1. The normalized spacial score (nSPS) is 14.5. The predicted molar refractivity (Wildman–Crippen MR) is 113 cm³/mol. The summed E-state index contributed by atoms with van der Waals surface area (Å²) in [6.45, 7) is 10.1. The minimum absolute atomic E-state index is 0.195. The highest BCUT2D eigenvalue weighted by molar-refractivity contribution is 6.04. The topological polar surface area (TPSA) is 72.9 Å². The number of carbonyl (C=O) groups excluding carboxylic acids is 1. The number of pyridine rings is 1. The number of nitrogens with one attached hydrogen (secondary N) is 1. The van der Waals surface area contributed by atoms with Gasteiger partial charge in [0.05, 0.1) is 31.0 Å². The van der Waals surface area contributed by atoms with Crippen molar-refractivity contribution in [3.63, 3.8) is 0 Å². The van der Waals surface area contributed by atoms with Crippen LogP contribution in [0.4, 0.5) is 11.4 Å². The Balaban J connectivity index is 1.48. The number of hydrogen-bond acceptors (Lipinski definition) is 6. The molecule has 0 saturated carbocycles. The van der Waals surface area contributed by atoms with E-state index in [9.17, 15) is 4.79 Å². The van der Waals surface area contributed by atoms with Crippen LogP contribution in [0.15, 0.2) is 42.6 Å². The quantitative estimate of drug-likeness (QED) is 0.720. The van der Waals surface area contributed by atoms with Crippen LogP contribution >= 0.6 is 0 Å². The summed E-state index contributed by atoms with van der Waals surface area (Å²) < 4.78 is 16.5. The van der Waals surface area contributed by atoms with Gasteiger partial charge in [-0.05, 0) is 51.1 Å². The first kappa shape index (κ1) is 21.1. The number of aromatic nitrogens is 1. The van der Waals surface area contributed by atoms with E-state index in [4.69, 9.17) is 14.2 Å². The largest absolute Gasteiger partial charge is 0.475 e. The van der Waals surface area contributed by atoms with Crippen molar-refractivity contribution in [1.82, 2.24) is 4.98 Å². The maximum atomic E-state index is 12.4. The Morgan fingerprint density at radius 3 is 2.45 bits per heavy atom. The molecule has 0 atom stereocenters. The third-order valence-electron chi connectivity index (χ3n) is 4.37. The molecule has 1 fully saturated rings. The summed E-state index contributed by atoms with van der Waals surface area (Å²) in [5.41, 5.74) is 2.15. The van der Waals surface area contributed by atoms with Crippen molar-refractivity contribution in [3.8, 4) is 5.88 Å². The number of rotatable bonds is 7. The molecule has 1 saturated heterocycles. The van der Waals surface area contributed by atoms with Crippen molar-refractivity contribution < 1.29 is 19.0 Å². The summed E-state index contributed by atoms with van der Waals surface area (Å²) in [6, 6.07) is 11.2. The van der Waals surface area contributed by atoms with Crippen molar-refractivity contribution in [3.05, 3.63) is 48.2 Å². The third-order valence-corrected chi connectivity index (χ3v) is 4.37. The molecule has 1 aliphatic rings. The highest BCUT2D eigenvalue weighted by Gasteiger charge is 2.12. The predicted octanol–water partition coefficient (Wildman–Crippen LogP) is 3.36. The van der Waals surface area contributed by atoms with Crippen LogP contribution in [-0.4, -0.2) is 56.0 Å². The molecule has 1 aliphatic heterocycles. The van der Waals surface area contributed by atoms with Crippen LogP contribution in [-0.2, 0) is 9.47 Å². The lowest BCUT2D eigenvalue weighted by Gasteiger charge is -2.28. The molecule has 1 N–H and O–H groups in total. The molecule has 29 heavy (non-hydrogen) atoms. The fraction of sp³-hybridized carbons (Fsp3) is 0.455. The molecule has 0 radical (unpaired) electrons. The first-order valence-corrected chi connectivity index (χ1v) is 9.88. The summed E-state index contributed by atoms with van der Waals surface area (Å²) in [6.07, 6.45) is 1.51. The zero-order valence-corrected chi connectivity index (χ0v) is 17.3. The van der Waals surface area contributed by atoms with Gasteiger partial charge in [0.2, 0.25) is 5.88 Å². The van der Waals surface area contributed by atoms with Gasteiger partial charge in [-0.2, -0.15) is 0 Å². The molecule has 2 heterocycles. The van der Waals surface area contributed by atoms with E-state index in [-0.39, 0.29) is 11.5 Å². The van der Waals surface area contributed by atoms with Gasteiger partial charge in [-0.1, -0.05) is 0 Å². The van der Waals surface area contributed by atoms with Gasteiger partial charge in [-0.15, -0.1) is 0 Å². The maximum Gasteiger partial charge on any atom is 0.257 e. The van der Waals surface area contributed by atoms with Crippen molar-refractivity contribution >= 4 is 17.3 Å². The van der Waals surface area contributed by atoms with Crippen molar-refractivity contribution in [2.45, 2.75) is 26.4 Å². The lowest BCUT2D eigenvalue weighted by molar-refractivity contribution is -0.0168. The lowest BCUT2D eigenvalue weighted by atomic mass is 10.2. The molecular weight excluding hydrogens is 370 g/mol. The number of carbonyl (C=O) groups is 1. The van der Waals surface area contributed by atoms with Crippen LogP contribution in [0.2, 0.25) is 0 Å². The number of anilines is 2. The van der Waals surface area contributed by atoms with Gasteiger partial charge in [-0.25, -0.2) is 4.98 Å². The highest BCUT2D eigenvalue weighted by Crippen LogP contribution is 2.19. The molecule has 2 aromatic rings. The number of morpholine rings is 1. The average molecular weight is 399 g/mol. The number of hydrogen-bond donors (Lipinski definition) is 1. The van der Waals surface area contributed by atoms with Gasteiger partial charge in [0.1, 0.15) is 6.61 Å². The van der Waals surface area contributed by atoms with E-state index in [1.54, 1.807) is 12.1 Å². The van der Waals surface area contributed by atoms with Gasteiger partial charge in [-0.3, -0.25) is 4.79 Å². The molecule has 3 rings (SSSR count). The molecule has 0 bridgehead atoms. The van der Waals surface area contributed by atoms with E-state index >= 15 is 0 Å². The fourth-order valence-corrected chi connectivity index (χ4v) is 2.87. The summed E-state index contributed by atoms with van der Waals surface area (Å²) in [5, 5.41) is 2.89. The van der Waals surface area contributed by atoms with E-state index < -0.39 is 0 Å². The van der Waals surface area contributed by atoms with Gasteiger partial charge in [0, 0.05) is 36.7 Å². The molecule has 0 aliphatic carbocycles. The lowest BCUT2D eigenvalue weighted by Crippen LogP contribution is -2.36. The second-order valence-corrected chi connectivity index (χ2v) is 7.79. The van der Waals surface area contributed by atoms with Crippen LogP contribution in [0.25, 0.3) is 0 Å². The first-order valence-electron chi connectivity index (χ1n) is 9.88. The zero-order chi connectivity index (χ0) is 20.7. The van der Waals surface area contributed by atoms with Gasteiger partial charge >= 0.3 is 0 Å². The highest BCUT2D eigenvalue weighted by atomic mass is 16.5. The van der Waals surface area contributed by atoms with Crippen molar-refractivity contribution in [2.24, 2.45) is 0 Å². The van der Waals surface area contributed by atoms with Gasteiger partial charge in [0.15, 0.2) is 0 Å². The Morgan fingerprint density at radius 2 is 1.83 bits per heavy atom. The van der Waals surface area contributed by atoms with Crippen molar-refractivity contribution in [2.75, 3.05) is 49.7 Å². The molecule has 1 aromatic carbocycles. The third kappa shape index (κ3) is 6.73. The fourth-order valence-electron chi connectivity index (χ4n) is 2.87. The second kappa shape index (κ2) is 9.71. The van der Waals surface area contributed by atoms with E-state index in [2.05, 4.69) is 15.2 Å². The molecule has 1 amide bonds. The zero-order valence-electron chi connectivity index (χ0n) is 17.3. The van der Waals surface area contributed by atoms with Crippen LogP contribution in [0.1, 0.15) is 31.1 Å².